The highest BCUT2D eigenvalue weighted by Crippen LogP contribution is 2.16. The van der Waals surface area contributed by atoms with Gasteiger partial charge in [-0.05, 0) is 25.5 Å². The van der Waals surface area contributed by atoms with E-state index in [1.165, 1.54) is 5.56 Å². The van der Waals surface area contributed by atoms with Crippen LogP contribution in [0, 0.1) is 6.92 Å². The van der Waals surface area contributed by atoms with E-state index in [4.69, 9.17) is 10.5 Å². The number of aryl methyl sites for hydroxylation is 1. The first-order valence-corrected chi connectivity index (χ1v) is 5.44. The first-order valence-electron chi connectivity index (χ1n) is 5.44. The van der Waals surface area contributed by atoms with E-state index < -0.39 is 0 Å². The van der Waals surface area contributed by atoms with Crippen molar-refractivity contribution in [2.24, 2.45) is 5.73 Å². The zero-order valence-electron chi connectivity index (χ0n) is 9.12. The van der Waals surface area contributed by atoms with Crippen LogP contribution in [0.4, 0.5) is 0 Å². The Morgan fingerprint density at radius 3 is 2.87 bits per heavy atom. The zero-order valence-corrected chi connectivity index (χ0v) is 9.12. The van der Waals surface area contributed by atoms with Gasteiger partial charge < -0.3 is 10.5 Å². The Balaban J connectivity index is 2.40. The van der Waals surface area contributed by atoms with Crippen molar-refractivity contribution in [1.82, 2.24) is 9.97 Å². The lowest BCUT2D eigenvalue weighted by molar-refractivity contribution is 0.146. The van der Waals surface area contributed by atoms with Gasteiger partial charge in [0.15, 0.2) is 0 Å². The van der Waals surface area contributed by atoms with Gasteiger partial charge in [0.25, 0.3) is 0 Å². The number of fused-ring (bicyclic) bond motifs is 1. The Morgan fingerprint density at radius 1 is 1.27 bits per heavy atom. The molecule has 0 unspecified atom stereocenters. The van der Waals surface area contributed by atoms with Gasteiger partial charge in [-0.2, -0.15) is 0 Å². The molecular weight excluding hydrogens is 190 g/mol. The zero-order chi connectivity index (χ0) is 10.7. The highest BCUT2D eigenvalue weighted by molar-refractivity contribution is 5.27. The van der Waals surface area contributed by atoms with E-state index in [0.717, 1.165) is 49.7 Å². The summed E-state index contributed by atoms with van der Waals surface area (Å²) in [6.45, 7) is 4.12. The smallest absolute Gasteiger partial charge is 0.125 e. The molecule has 2 N–H and O–H groups in total. The summed E-state index contributed by atoms with van der Waals surface area (Å²) >= 11 is 0. The van der Waals surface area contributed by atoms with Crippen molar-refractivity contribution in [1.29, 1.82) is 0 Å². The van der Waals surface area contributed by atoms with Crippen LogP contribution in [0.1, 0.15) is 22.8 Å². The van der Waals surface area contributed by atoms with Crippen LogP contribution in [0.25, 0.3) is 0 Å². The molecule has 0 saturated heterocycles. The van der Waals surface area contributed by atoms with Gasteiger partial charge in [-0.3, -0.25) is 0 Å². The third-order valence-corrected chi connectivity index (χ3v) is 2.65. The number of nitrogens with zero attached hydrogens (tertiary/aromatic N) is 2. The van der Waals surface area contributed by atoms with Gasteiger partial charge in [-0.15, -0.1) is 0 Å². The molecule has 0 radical (unpaired) electrons. The maximum absolute atomic E-state index is 5.59. The van der Waals surface area contributed by atoms with E-state index in [1.54, 1.807) is 0 Å². The molecule has 0 bridgehead atoms. The molecule has 0 amide bonds. The number of hydrogen-bond acceptors (Lipinski definition) is 4. The highest BCUT2D eigenvalue weighted by atomic mass is 16.5. The molecule has 15 heavy (non-hydrogen) atoms. The van der Waals surface area contributed by atoms with Crippen molar-refractivity contribution in [3.8, 4) is 0 Å². The van der Waals surface area contributed by atoms with Gasteiger partial charge in [0.1, 0.15) is 5.82 Å². The van der Waals surface area contributed by atoms with Gasteiger partial charge in [0.05, 0.1) is 13.2 Å². The first kappa shape index (κ1) is 10.5. The molecule has 0 spiro atoms. The third kappa shape index (κ3) is 2.33. The van der Waals surface area contributed by atoms with Crippen molar-refractivity contribution in [3.63, 3.8) is 0 Å². The van der Waals surface area contributed by atoms with Gasteiger partial charge in [0.2, 0.25) is 0 Å². The van der Waals surface area contributed by atoms with Crippen LogP contribution in [0.3, 0.4) is 0 Å². The average molecular weight is 207 g/mol. The summed E-state index contributed by atoms with van der Waals surface area (Å²) in [4.78, 5) is 8.96. The molecule has 0 saturated carbocycles. The second kappa shape index (κ2) is 4.68. The van der Waals surface area contributed by atoms with E-state index in [-0.39, 0.29) is 0 Å². The number of nitrogens with two attached hydrogens (primary N) is 1. The predicted octanol–water partition coefficient (Wildman–Crippen LogP) is 0.401. The predicted molar refractivity (Wildman–Crippen MR) is 57.8 cm³/mol. The fourth-order valence-electron chi connectivity index (χ4n) is 2.00. The molecule has 4 heteroatoms. The van der Waals surface area contributed by atoms with Crippen LogP contribution in [0.5, 0.6) is 0 Å². The van der Waals surface area contributed by atoms with E-state index >= 15 is 0 Å². The van der Waals surface area contributed by atoms with Crippen molar-refractivity contribution in [3.05, 3.63) is 22.8 Å². The molecular formula is C11H17N3O. The molecule has 2 heterocycles. The fraction of sp³-hybridized carbons (Fsp3) is 0.636. The monoisotopic (exact) mass is 207 g/mol. The quantitative estimate of drug-likeness (QED) is 0.762. The summed E-state index contributed by atoms with van der Waals surface area (Å²) in [5.41, 5.74) is 9.13. The van der Waals surface area contributed by atoms with Crippen molar-refractivity contribution < 1.29 is 4.74 Å². The van der Waals surface area contributed by atoms with Crippen LogP contribution in [-0.4, -0.2) is 29.7 Å². The van der Waals surface area contributed by atoms with Crippen LogP contribution in [0.2, 0.25) is 0 Å². The van der Waals surface area contributed by atoms with E-state index in [2.05, 4.69) is 9.97 Å². The summed E-state index contributed by atoms with van der Waals surface area (Å²) in [5.74, 6) is 0.846. The molecule has 82 valence electrons. The summed E-state index contributed by atoms with van der Waals surface area (Å²) in [5, 5.41) is 0. The van der Waals surface area contributed by atoms with E-state index in [1.807, 2.05) is 6.92 Å². The Labute approximate surface area is 89.9 Å². The third-order valence-electron chi connectivity index (χ3n) is 2.65. The van der Waals surface area contributed by atoms with Crippen molar-refractivity contribution >= 4 is 0 Å². The fourth-order valence-corrected chi connectivity index (χ4v) is 2.00. The minimum atomic E-state index is 0.643. The average Bonchev–Trinajstić information content (AvgIpc) is 2.43. The Hall–Kier alpha value is -1.00. The Kier molecular flexibility index (Phi) is 3.28. The number of aromatic nitrogens is 2. The minimum absolute atomic E-state index is 0.643. The summed E-state index contributed by atoms with van der Waals surface area (Å²) < 4.78 is 5.45. The van der Waals surface area contributed by atoms with Gasteiger partial charge in [-0.25, -0.2) is 9.97 Å². The number of ether oxygens (including phenoxy) is 1. The summed E-state index contributed by atoms with van der Waals surface area (Å²) in [7, 11) is 0. The van der Waals surface area contributed by atoms with Crippen LogP contribution in [0.15, 0.2) is 0 Å². The normalized spacial score (nSPS) is 15.9. The second-order valence-electron chi connectivity index (χ2n) is 3.79. The van der Waals surface area contributed by atoms with Crippen LogP contribution in [-0.2, 0) is 24.0 Å². The number of rotatable bonds is 2. The number of hydrogen-bond donors (Lipinski definition) is 1. The van der Waals surface area contributed by atoms with Crippen molar-refractivity contribution in [2.75, 3.05) is 19.8 Å². The van der Waals surface area contributed by atoms with E-state index in [9.17, 15) is 0 Å². The molecule has 1 aromatic rings. The largest absolute Gasteiger partial charge is 0.381 e. The second-order valence-corrected chi connectivity index (χ2v) is 3.79. The van der Waals surface area contributed by atoms with Crippen molar-refractivity contribution in [2.45, 2.75) is 26.2 Å². The van der Waals surface area contributed by atoms with E-state index in [0.29, 0.717) is 6.54 Å². The molecule has 0 aliphatic carbocycles. The summed E-state index contributed by atoms with van der Waals surface area (Å²) in [6.07, 6.45) is 2.66. The minimum Gasteiger partial charge on any atom is -0.381 e. The maximum Gasteiger partial charge on any atom is 0.125 e. The standard InChI is InChI=1S/C11H17N3O/c1-8-13-10(2-5-12)9-3-6-15-7-4-11(9)14-8/h2-7,12H2,1H3. The van der Waals surface area contributed by atoms with Crippen LogP contribution < -0.4 is 5.73 Å². The molecule has 0 fully saturated rings. The molecule has 1 aliphatic rings. The Bertz CT molecular complexity index is 352. The molecule has 4 nitrogen and oxygen atoms in total. The van der Waals surface area contributed by atoms with Gasteiger partial charge >= 0.3 is 0 Å². The summed E-state index contributed by atoms with van der Waals surface area (Å²) in [6, 6.07) is 0. The molecule has 1 aromatic heterocycles. The Morgan fingerprint density at radius 2 is 2.07 bits per heavy atom. The topological polar surface area (TPSA) is 61.0 Å². The molecule has 1 aliphatic heterocycles. The lowest BCUT2D eigenvalue weighted by Crippen LogP contribution is -2.12. The maximum atomic E-state index is 5.59. The molecule has 2 rings (SSSR count). The van der Waals surface area contributed by atoms with Gasteiger partial charge in [0, 0.05) is 24.2 Å². The molecule has 0 atom stereocenters. The first-order chi connectivity index (χ1) is 7.31. The SMILES string of the molecule is Cc1nc(CCN)c2c(n1)CCOCC2. The van der Waals surface area contributed by atoms with Crippen LogP contribution >= 0.6 is 0 Å². The molecule has 0 aromatic carbocycles. The lowest BCUT2D eigenvalue weighted by atomic mass is 10.0. The highest BCUT2D eigenvalue weighted by Gasteiger charge is 2.15. The van der Waals surface area contributed by atoms with Gasteiger partial charge in [-0.1, -0.05) is 0 Å². The lowest BCUT2D eigenvalue weighted by Gasteiger charge is -2.10.